The lowest BCUT2D eigenvalue weighted by Gasteiger charge is -2.17. The first-order chi connectivity index (χ1) is 8.99. The SMILES string of the molecule is CC(C)C(NCc1cc(=O)n2ncsc2n1)C(=O)O. The quantitative estimate of drug-likeness (QED) is 0.821. The van der Waals surface area contributed by atoms with Crippen LogP contribution in [0.1, 0.15) is 19.5 Å². The lowest BCUT2D eigenvalue weighted by atomic mass is 10.0. The van der Waals surface area contributed by atoms with Crippen LogP contribution in [0.15, 0.2) is 16.4 Å². The Labute approximate surface area is 112 Å². The van der Waals surface area contributed by atoms with Crippen molar-refractivity contribution in [2.45, 2.75) is 26.4 Å². The molecule has 0 aromatic carbocycles. The third kappa shape index (κ3) is 2.96. The maximum Gasteiger partial charge on any atom is 0.320 e. The molecule has 8 heteroatoms. The van der Waals surface area contributed by atoms with Gasteiger partial charge in [-0.3, -0.25) is 14.9 Å². The van der Waals surface area contributed by atoms with E-state index in [2.05, 4.69) is 15.4 Å². The zero-order valence-corrected chi connectivity index (χ0v) is 11.3. The van der Waals surface area contributed by atoms with E-state index in [9.17, 15) is 9.59 Å². The highest BCUT2D eigenvalue weighted by atomic mass is 32.1. The Kier molecular flexibility index (Phi) is 3.91. The second-order valence-electron chi connectivity index (χ2n) is 4.46. The maximum atomic E-state index is 11.7. The molecule has 0 saturated carbocycles. The summed E-state index contributed by atoms with van der Waals surface area (Å²) in [5.74, 6) is -0.962. The number of fused-ring (bicyclic) bond motifs is 1. The number of carbonyl (C=O) groups is 1. The van der Waals surface area contributed by atoms with Gasteiger partial charge in [-0.2, -0.15) is 9.61 Å². The predicted octanol–water partition coefficient (Wildman–Crippen LogP) is 0.350. The molecule has 0 bridgehead atoms. The molecule has 0 aliphatic heterocycles. The van der Waals surface area contributed by atoms with E-state index in [0.29, 0.717) is 10.7 Å². The minimum absolute atomic E-state index is 0.0502. The largest absolute Gasteiger partial charge is 0.480 e. The van der Waals surface area contributed by atoms with Crippen LogP contribution in [0.3, 0.4) is 0 Å². The van der Waals surface area contributed by atoms with Crippen LogP contribution in [-0.4, -0.2) is 31.7 Å². The van der Waals surface area contributed by atoms with Crippen molar-refractivity contribution in [1.82, 2.24) is 19.9 Å². The first-order valence-electron chi connectivity index (χ1n) is 5.77. The molecule has 0 saturated heterocycles. The summed E-state index contributed by atoms with van der Waals surface area (Å²) in [6.07, 6.45) is 0. The number of aliphatic carboxylic acids is 1. The van der Waals surface area contributed by atoms with E-state index < -0.39 is 12.0 Å². The molecule has 7 nitrogen and oxygen atoms in total. The Morgan fingerprint density at radius 2 is 2.32 bits per heavy atom. The molecule has 2 rings (SSSR count). The first kappa shape index (κ1) is 13.6. The van der Waals surface area contributed by atoms with Gasteiger partial charge in [0.2, 0.25) is 4.96 Å². The van der Waals surface area contributed by atoms with Gasteiger partial charge >= 0.3 is 5.97 Å². The van der Waals surface area contributed by atoms with Gasteiger partial charge in [0, 0.05) is 12.6 Å². The van der Waals surface area contributed by atoms with Crippen LogP contribution in [0.25, 0.3) is 4.96 Å². The first-order valence-corrected chi connectivity index (χ1v) is 6.65. The van der Waals surface area contributed by atoms with Crippen molar-refractivity contribution in [3.8, 4) is 0 Å². The Morgan fingerprint density at radius 3 is 2.95 bits per heavy atom. The van der Waals surface area contributed by atoms with Crippen LogP contribution in [0, 0.1) is 5.92 Å². The number of nitrogens with one attached hydrogen (secondary N) is 1. The molecule has 102 valence electrons. The minimum atomic E-state index is -0.911. The Balaban J connectivity index is 2.17. The summed E-state index contributed by atoms with van der Waals surface area (Å²) in [4.78, 5) is 27.5. The van der Waals surface area contributed by atoms with E-state index in [1.54, 1.807) is 0 Å². The standard InChI is InChI=1S/C11H14N4O3S/c1-6(2)9(10(17)18)12-4-7-3-8(16)15-11(14-7)19-5-13-15/h3,5-6,9,12H,4H2,1-2H3,(H,17,18). The zero-order valence-electron chi connectivity index (χ0n) is 10.5. The van der Waals surface area contributed by atoms with E-state index >= 15 is 0 Å². The molecule has 0 amide bonds. The minimum Gasteiger partial charge on any atom is -0.480 e. The van der Waals surface area contributed by atoms with Crippen molar-refractivity contribution in [2.24, 2.45) is 5.92 Å². The van der Waals surface area contributed by atoms with Gasteiger partial charge in [-0.1, -0.05) is 25.2 Å². The van der Waals surface area contributed by atoms with Crippen LogP contribution in [-0.2, 0) is 11.3 Å². The highest BCUT2D eigenvalue weighted by Crippen LogP contribution is 2.06. The van der Waals surface area contributed by atoms with Gasteiger partial charge in [-0.15, -0.1) is 0 Å². The van der Waals surface area contributed by atoms with Crippen LogP contribution in [0.2, 0.25) is 0 Å². The fourth-order valence-corrected chi connectivity index (χ4v) is 2.36. The lowest BCUT2D eigenvalue weighted by Crippen LogP contribution is -2.40. The molecule has 0 radical (unpaired) electrons. The number of hydrogen-bond donors (Lipinski definition) is 2. The molecule has 1 unspecified atom stereocenters. The van der Waals surface area contributed by atoms with Gasteiger partial charge < -0.3 is 5.11 Å². The third-order valence-electron chi connectivity index (χ3n) is 2.68. The normalized spacial score (nSPS) is 13.0. The Hall–Kier alpha value is -1.80. The van der Waals surface area contributed by atoms with Crippen LogP contribution in [0.5, 0.6) is 0 Å². The van der Waals surface area contributed by atoms with Gasteiger partial charge in [0.1, 0.15) is 11.6 Å². The second kappa shape index (κ2) is 5.45. The van der Waals surface area contributed by atoms with Gasteiger partial charge in [-0.05, 0) is 5.92 Å². The molecule has 2 N–H and O–H groups in total. The monoisotopic (exact) mass is 282 g/mol. The fourth-order valence-electron chi connectivity index (χ4n) is 1.71. The molecule has 1 atom stereocenters. The third-order valence-corrected chi connectivity index (χ3v) is 3.35. The number of nitrogens with zero attached hydrogens (tertiary/aromatic N) is 3. The molecule has 0 fully saturated rings. The molecule has 19 heavy (non-hydrogen) atoms. The van der Waals surface area contributed by atoms with Crippen LogP contribution >= 0.6 is 11.3 Å². The Bertz CT molecular complexity index is 649. The summed E-state index contributed by atoms with van der Waals surface area (Å²) >= 11 is 1.26. The summed E-state index contributed by atoms with van der Waals surface area (Å²) < 4.78 is 1.21. The highest BCUT2D eigenvalue weighted by molar-refractivity contribution is 7.14. The second-order valence-corrected chi connectivity index (χ2v) is 5.27. The van der Waals surface area contributed by atoms with Gasteiger partial charge in [-0.25, -0.2) is 4.98 Å². The van der Waals surface area contributed by atoms with E-state index in [0.717, 1.165) is 0 Å². The van der Waals surface area contributed by atoms with Crippen molar-refractivity contribution in [2.75, 3.05) is 0 Å². The number of aromatic nitrogens is 3. The van der Waals surface area contributed by atoms with Gasteiger partial charge in [0.15, 0.2) is 0 Å². The van der Waals surface area contributed by atoms with Gasteiger partial charge in [0.05, 0.1) is 5.69 Å². The van der Waals surface area contributed by atoms with Crippen molar-refractivity contribution < 1.29 is 9.90 Å². The van der Waals surface area contributed by atoms with E-state index in [1.165, 1.54) is 27.4 Å². The van der Waals surface area contributed by atoms with Crippen LogP contribution < -0.4 is 10.9 Å². The number of carboxylic acid groups (broad SMARTS) is 1. The molecular weight excluding hydrogens is 268 g/mol. The summed E-state index contributed by atoms with van der Waals surface area (Å²) in [6.45, 7) is 3.87. The van der Waals surface area contributed by atoms with Crippen molar-refractivity contribution in [3.05, 3.63) is 27.6 Å². The molecular formula is C11H14N4O3S. The van der Waals surface area contributed by atoms with Gasteiger partial charge in [0.25, 0.3) is 5.56 Å². The van der Waals surface area contributed by atoms with E-state index in [4.69, 9.17) is 5.11 Å². The molecule has 2 aromatic rings. The molecule has 2 heterocycles. The molecule has 0 aliphatic rings. The van der Waals surface area contributed by atoms with Crippen LogP contribution in [0.4, 0.5) is 0 Å². The number of hydrogen-bond acceptors (Lipinski definition) is 6. The Morgan fingerprint density at radius 1 is 1.58 bits per heavy atom. The average molecular weight is 282 g/mol. The maximum absolute atomic E-state index is 11.7. The summed E-state index contributed by atoms with van der Waals surface area (Å²) in [5.41, 5.74) is 1.79. The molecule has 0 spiro atoms. The fraction of sp³-hybridized carbons (Fsp3) is 0.455. The molecule has 2 aromatic heterocycles. The average Bonchev–Trinajstić information content (AvgIpc) is 2.76. The summed E-state index contributed by atoms with van der Waals surface area (Å²) in [6, 6.07) is 0.695. The van der Waals surface area contributed by atoms with E-state index in [1.807, 2.05) is 13.8 Å². The summed E-state index contributed by atoms with van der Waals surface area (Å²) in [5, 5.41) is 15.8. The smallest absolute Gasteiger partial charge is 0.320 e. The lowest BCUT2D eigenvalue weighted by molar-refractivity contribution is -0.140. The number of carboxylic acids is 1. The van der Waals surface area contributed by atoms with Crippen molar-refractivity contribution in [1.29, 1.82) is 0 Å². The molecule has 0 aliphatic carbocycles. The number of rotatable bonds is 5. The summed E-state index contributed by atoms with van der Waals surface area (Å²) in [7, 11) is 0. The zero-order chi connectivity index (χ0) is 14.0. The van der Waals surface area contributed by atoms with E-state index in [-0.39, 0.29) is 18.0 Å². The predicted molar refractivity (Wildman–Crippen MR) is 70.2 cm³/mol. The highest BCUT2D eigenvalue weighted by Gasteiger charge is 2.20. The van der Waals surface area contributed by atoms with Crippen molar-refractivity contribution in [3.63, 3.8) is 0 Å². The van der Waals surface area contributed by atoms with Crippen molar-refractivity contribution >= 4 is 22.3 Å². The topological polar surface area (TPSA) is 96.6 Å².